The Morgan fingerprint density at radius 3 is 2.59 bits per heavy atom. The number of hydrogen-bond donors (Lipinski definition) is 3. The highest BCUT2D eigenvalue weighted by Gasteiger charge is 2.11. The van der Waals surface area contributed by atoms with Gasteiger partial charge in [-0.25, -0.2) is 4.79 Å². The molecule has 5 heteroatoms. The van der Waals surface area contributed by atoms with Crippen molar-refractivity contribution in [1.82, 2.24) is 5.32 Å². The summed E-state index contributed by atoms with van der Waals surface area (Å²) in [4.78, 5) is 11.3. The molecule has 0 fully saturated rings. The van der Waals surface area contributed by atoms with Gasteiger partial charge in [-0.2, -0.15) is 0 Å². The molecule has 1 aromatic rings. The summed E-state index contributed by atoms with van der Waals surface area (Å²) >= 11 is 0. The van der Waals surface area contributed by atoms with Crippen LogP contribution in [0, 0.1) is 0 Å². The normalized spacial score (nSPS) is 11.9. The molecule has 1 amide bonds. The Kier molecular flexibility index (Phi) is 6.06. The van der Waals surface area contributed by atoms with Crippen LogP contribution < -0.4 is 5.32 Å². The minimum absolute atomic E-state index is 0.0931. The van der Waals surface area contributed by atoms with Crippen molar-refractivity contribution in [1.29, 1.82) is 0 Å². The lowest BCUT2D eigenvalue weighted by molar-refractivity contribution is 0.125. The van der Waals surface area contributed by atoms with Crippen molar-refractivity contribution in [3.8, 4) is 0 Å². The number of aliphatic hydroxyl groups is 2. The monoisotopic (exact) mass is 239 g/mol. The second-order valence-corrected chi connectivity index (χ2v) is 3.60. The van der Waals surface area contributed by atoms with Gasteiger partial charge in [0.25, 0.3) is 0 Å². The van der Waals surface area contributed by atoms with E-state index in [0.717, 1.165) is 5.56 Å². The van der Waals surface area contributed by atoms with Crippen LogP contribution >= 0.6 is 0 Å². The standard InChI is InChI=1S/C12H17NO4/c14-7-6-11(8-15)13-12(16)17-9-10-4-2-1-3-5-10/h1-5,11,14-15H,6-9H2,(H,13,16)/t11-/m0/s1. The molecule has 1 rings (SSSR count). The maximum absolute atomic E-state index is 11.3. The maximum atomic E-state index is 11.3. The molecule has 0 spiro atoms. The molecule has 0 aliphatic heterocycles. The molecule has 0 unspecified atom stereocenters. The van der Waals surface area contributed by atoms with E-state index in [1.54, 1.807) is 0 Å². The molecular formula is C12H17NO4. The topological polar surface area (TPSA) is 78.8 Å². The third-order valence-electron chi connectivity index (χ3n) is 2.23. The SMILES string of the molecule is O=C(N[C@H](CO)CCO)OCc1ccccc1. The van der Waals surface area contributed by atoms with Gasteiger partial charge in [-0.1, -0.05) is 30.3 Å². The summed E-state index contributed by atoms with van der Waals surface area (Å²) < 4.78 is 4.96. The highest BCUT2D eigenvalue weighted by Crippen LogP contribution is 2.01. The first-order valence-electron chi connectivity index (χ1n) is 5.45. The highest BCUT2D eigenvalue weighted by atomic mass is 16.5. The van der Waals surface area contributed by atoms with E-state index in [0.29, 0.717) is 6.42 Å². The van der Waals surface area contributed by atoms with Gasteiger partial charge >= 0.3 is 6.09 Å². The molecule has 0 aliphatic rings. The zero-order chi connectivity index (χ0) is 12.5. The van der Waals surface area contributed by atoms with Crippen molar-refractivity contribution in [2.75, 3.05) is 13.2 Å². The summed E-state index contributed by atoms with van der Waals surface area (Å²) in [6.07, 6.45) is -0.293. The minimum Gasteiger partial charge on any atom is -0.445 e. The van der Waals surface area contributed by atoms with Crippen LogP contribution in [0.4, 0.5) is 4.79 Å². The number of carbonyl (C=O) groups is 1. The van der Waals surface area contributed by atoms with Crippen LogP contribution in [0.25, 0.3) is 0 Å². The second-order valence-electron chi connectivity index (χ2n) is 3.60. The quantitative estimate of drug-likeness (QED) is 0.681. The molecule has 17 heavy (non-hydrogen) atoms. The van der Waals surface area contributed by atoms with Gasteiger partial charge in [-0.05, 0) is 12.0 Å². The number of benzene rings is 1. The predicted octanol–water partition coefficient (Wildman–Crippen LogP) is 0.656. The minimum atomic E-state index is -0.596. The fourth-order valence-electron chi connectivity index (χ4n) is 1.30. The number of alkyl carbamates (subject to hydrolysis) is 1. The molecule has 0 bridgehead atoms. The number of aliphatic hydroxyl groups excluding tert-OH is 2. The zero-order valence-corrected chi connectivity index (χ0v) is 9.50. The summed E-state index contributed by atoms with van der Waals surface area (Å²) in [6.45, 7) is -0.130. The van der Waals surface area contributed by atoms with Crippen LogP contribution in [0.5, 0.6) is 0 Å². The number of rotatable bonds is 6. The van der Waals surface area contributed by atoms with Crippen molar-refractivity contribution in [2.24, 2.45) is 0 Å². The fraction of sp³-hybridized carbons (Fsp3) is 0.417. The number of ether oxygens (including phenoxy) is 1. The number of amides is 1. The average molecular weight is 239 g/mol. The van der Waals surface area contributed by atoms with Crippen LogP contribution in [0.2, 0.25) is 0 Å². The maximum Gasteiger partial charge on any atom is 0.407 e. The van der Waals surface area contributed by atoms with Gasteiger partial charge in [0.2, 0.25) is 0 Å². The predicted molar refractivity (Wildman–Crippen MR) is 62.3 cm³/mol. The van der Waals surface area contributed by atoms with Gasteiger partial charge in [-0.3, -0.25) is 0 Å². The van der Waals surface area contributed by atoms with Crippen molar-refractivity contribution in [3.63, 3.8) is 0 Å². The number of hydrogen-bond acceptors (Lipinski definition) is 4. The molecule has 0 aliphatic carbocycles. The smallest absolute Gasteiger partial charge is 0.407 e. The Bertz CT molecular complexity index is 329. The number of nitrogens with one attached hydrogen (secondary N) is 1. The van der Waals surface area contributed by atoms with E-state index >= 15 is 0 Å². The third-order valence-corrected chi connectivity index (χ3v) is 2.23. The molecule has 0 saturated carbocycles. The van der Waals surface area contributed by atoms with E-state index in [4.69, 9.17) is 14.9 Å². The molecular weight excluding hydrogens is 222 g/mol. The Labute approximate surface area is 100 Å². The van der Waals surface area contributed by atoms with Gasteiger partial charge in [0.15, 0.2) is 0 Å². The first-order chi connectivity index (χ1) is 8.26. The van der Waals surface area contributed by atoms with E-state index in [9.17, 15) is 4.79 Å². The number of carbonyl (C=O) groups excluding carboxylic acids is 1. The lowest BCUT2D eigenvalue weighted by atomic mass is 10.2. The molecule has 0 heterocycles. The first kappa shape index (κ1) is 13.5. The third kappa shape index (κ3) is 5.33. The average Bonchev–Trinajstić information content (AvgIpc) is 2.37. The van der Waals surface area contributed by atoms with Crippen molar-refractivity contribution >= 4 is 6.09 Å². The van der Waals surface area contributed by atoms with Crippen LogP contribution in [0.15, 0.2) is 30.3 Å². The Morgan fingerprint density at radius 1 is 1.29 bits per heavy atom. The van der Waals surface area contributed by atoms with Gasteiger partial charge in [-0.15, -0.1) is 0 Å². The van der Waals surface area contributed by atoms with E-state index in [1.165, 1.54) is 0 Å². The Balaban J connectivity index is 2.30. The molecule has 0 saturated heterocycles. The zero-order valence-electron chi connectivity index (χ0n) is 9.50. The molecule has 3 N–H and O–H groups in total. The molecule has 94 valence electrons. The van der Waals surface area contributed by atoms with E-state index in [-0.39, 0.29) is 19.8 Å². The largest absolute Gasteiger partial charge is 0.445 e. The molecule has 5 nitrogen and oxygen atoms in total. The van der Waals surface area contributed by atoms with Crippen LogP contribution in [0.3, 0.4) is 0 Å². The van der Waals surface area contributed by atoms with Crippen LogP contribution in [-0.4, -0.2) is 35.6 Å². The van der Waals surface area contributed by atoms with E-state index < -0.39 is 12.1 Å². The lowest BCUT2D eigenvalue weighted by Crippen LogP contribution is -2.38. The van der Waals surface area contributed by atoms with Gasteiger partial charge in [0.05, 0.1) is 12.6 Å². The van der Waals surface area contributed by atoms with Crippen molar-refractivity contribution in [3.05, 3.63) is 35.9 Å². The van der Waals surface area contributed by atoms with Gasteiger partial charge in [0, 0.05) is 6.61 Å². The summed E-state index contributed by atoms with van der Waals surface area (Å²) in [7, 11) is 0. The van der Waals surface area contributed by atoms with Crippen molar-refractivity contribution in [2.45, 2.75) is 19.1 Å². The van der Waals surface area contributed by atoms with Crippen LogP contribution in [0.1, 0.15) is 12.0 Å². The summed E-state index contributed by atoms with van der Waals surface area (Å²) in [6, 6.07) is 8.84. The van der Waals surface area contributed by atoms with Gasteiger partial charge in [0.1, 0.15) is 6.61 Å². The lowest BCUT2D eigenvalue weighted by Gasteiger charge is -2.14. The van der Waals surface area contributed by atoms with Crippen molar-refractivity contribution < 1.29 is 19.7 Å². The van der Waals surface area contributed by atoms with E-state index in [1.807, 2.05) is 30.3 Å². The molecule has 0 aromatic heterocycles. The summed E-state index contributed by atoms with van der Waals surface area (Å²) in [5.74, 6) is 0. The highest BCUT2D eigenvalue weighted by molar-refractivity contribution is 5.67. The Morgan fingerprint density at radius 2 is 2.00 bits per heavy atom. The first-order valence-corrected chi connectivity index (χ1v) is 5.45. The molecule has 0 radical (unpaired) electrons. The Hall–Kier alpha value is -1.59. The van der Waals surface area contributed by atoms with Crippen LogP contribution in [-0.2, 0) is 11.3 Å². The van der Waals surface area contributed by atoms with Gasteiger partial charge < -0.3 is 20.3 Å². The fourth-order valence-corrected chi connectivity index (χ4v) is 1.30. The summed E-state index contributed by atoms with van der Waals surface area (Å²) in [5, 5.41) is 20.1. The summed E-state index contributed by atoms with van der Waals surface area (Å²) in [5.41, 5.74) is 0.894. The molecule has 1 aromatic carbocycles. The van der Waals surface area contributed by atoms with E-state index in [2.05, 4.69) is 5.32 Å². The molecule has 1 atom stereocenters. The second kappa shape index (κ2) is 7.65.